The molecular weight excluding hydrogens is 210 g/mol. The Morgan fingerprint density at radius 2 is 2.40 bits per heavy atom. The summed E-state index contributed by atoms with van der Waals surface area (Å²) in [6.07, 6.45) is 3.19. The van der Waals surface area contributed by atoms with Gasteiger partial charge in [0.2, 0.25) is 0 Å². The maximum absolute atomic E-state index is 8.67. The highest BCUT2D eigenvalue weighted by Crippen LogP contribution is 2.26. The summed E-state index contributed by atoms with van der Waals surface area (Å²) in [5.41, 5.74) is 1.23. The molecule has 0 aliphatic rings. The van der Waals surface area contributed by atoms with E-state index in [9.17, 15) is 0 Å². The smallest absolute Gasteiger partial charge is 0.260 e. The van der Waals surface area contributed by atoms with Crippen LogP contribution in [0.25, 0.3) is 0 Å². The quantitative estimate of drug-likeness (QED) is 0.772. The van der Waals surface area contributed by atoms with E-state index in [0.29, 0.717) is 10.9 Å². The third-order valence-corrected chi connectivity index (χ3v) is 2.50. The van der Waals surface area contributed by atoms with Crippen molar-refractivity contribution in [3.05, 3.63) is 36.0 Å². The second-order valence-corrected chi connectivity index (χ2v) is 3.87. The maximum Gasteiger partial charge on any atom is 0.260 e. The third kappa shape index (κ3) is 2.36. The van der Waals surface area contributed by atoms with Crippen LogP contribution in [-0.2, 0) is 0 Å². The first kappa shape index (κ1) is 9.74. The van der Waals surface area contributed by atoms with Gasteiger partial charge in [0, 0.05) is 11.1 Å². The number of pyridine rings is 1. The molecule has 0 saturated heterocycles. The van der Waals surface area contributed by atoms with Crippen molar-refractivity contribution >= 4 is 11.8 Å². The van der Waals surface area contributed by atoms with Gasteiger partial charge in [0.1, 0.15) is 18.0 Å². The zero-order valence-corrected chi connectivity index (χ0v) is 8.78. The lowest BCUT2D eigenvalue weighted by molar-refractivity contribution is 0.454. The van der Waals surface area contributed by atoms with Crippen molar-refractivity contribution < 1.29 is 4.42 Å². The summed E-state index contributed by atoms with van der Waals surface area (Å²) < 4.78 is 5.19. The van der Waals surface area contributed by atoms with E-state index < -0.39 is 0 Å². The number of hydrogen-bond acceptors (Lipinski definition) is 5. The summed E-state index contributed by atoms with van der Waals surface area (Å²) in [6.45, 7) is 1.86. The molecule has 4 nitrogen and oxygen atoms in total. The summed E-state index contributed by atoms with van der Waals surface area (Å²) in [5.74, 6) is 0. The normalized spacial score (nSPS) is 9.87. The zero-order chi connectivity index (χ0) is 10.7. The van der Waals surface area contributed by atoms with Crippen LogP contribution in [-0.4, -0.2) is 9.97 Å². The fourth-order valence-electron chi connectivity index (χ4n) is 1.02. The van der Waals surface area contributed by atoms with E-state index in [0.717, 1.165) is 10.6 Å². The predicted octanol–water partition coefficient (Wildman–Crippen LogP) is 2.40. The molecule has 2 heterocycles. The Bertz CT molecular complexity index is 515. The van der Waals surface area contributed by atoms with Crippen molar-refractivity contribution in [2.75, 3.05) is 0 Å². The van der Waals surface area contributed by atoms with Gasteiger partial charge < -0.3 is 4.42 Å². The molecule has 0 N–H and O–H groups in total. The highest BCUT2D eigenvalue weighted by atomic mass is 32.2. The van der Waals surface area contributed by atoms with E-state index in [1.807, 2.05) is 19.1 Å². The van der Waals surface area contributed by atoms with Gasteiger partial charge in [-0.2, -0.15) is 5.26 Å². The molecule has 0 aromatic carbocycles. The number of nitrogens with zero attached hydrogens (tertiary/aromatic N) is 3. The molecule has 0 saturated carbocycles. The van der Waals surface area contributed by atoms with Crippen molar-refractivity contribution in [1.82, 2.24) is 9.97 Å². The standard InChI is InChI=1S/C10H7N3OS/c1-7-6-14-10(13-7)15-9-2-3-12-8(4-9)5-11/h2-4,6H,1H3. The molecule has 15 heavy (non-hydrogen) atoms. The van der Waals surface area contributed by atoms with Gasteiger partial charge in [0.15, 0.2) is 0 Å². The molecule has 74 valence electrons. The summed E-state index contributed by atoms with van der Waals surface area (Å²) >= 11 is 1.37. The van der Waals surface area contributed by atoms with Crippen molar-refractivity contribution in [2.45, 2.75) is 17.0 Å². The monoisotopic (exact) mass is 217 g/mol. The van der Waals surface area contributed by atoms with E-state index >= 15 is 0 Å². The molecule has 0 aliphatic carbocycles. The fourth-order valence-corrected chi connectivity index (χ4v) is 1.80. The lowest BCUT2D eigenvalue weighted by Crippen LogP contribution is -1.81. The van der Waals surface area contributed by atoms with Gasteiger partial charge in [-0.3, -0.25) is 0 Å². The molecule has 0 amide bonds. The number of rotatable bonds is 2. The lowest BCUT2D eigenvalue weighted by Gasteiger charge is -1.95. The minimum absolute atomic E-state index is 0.392. The maximum atomic E-state index is 8.67. The molecule has 0 unspecified atom stereocenters. The molecule has 0 atom stereocenters. The molecule has 0 spiro atoms. The van der Waals surface area contributed by atoms with Crippen LogP contribution in [0, 0.1) is 18.3 Å². The molecule has 2 aromatic heterocycles. The topological polar surface area (TPSA) is 62.7 Å². The van der Waals surface area contributed by atoms with Gasteiger partial charge in [0.05, 0.1) is 5.69 Å². The van der Waals surface area contributed by atoms with Gasteiger partial charge in [-0.25, -0.2) is 9.97 Å². The average molecular weight is 217 g/mol. The van der Waals surface area contributed by atoms with Crippen LogP contribution < -0.4 is 0 Å². The highest BCUT2D eigenvalue weighted by Gasteiger charge is 2.04. The van der Waals surface area contributed by atoms with Crippen LogP contribution >= 0.6 is 11.8 Å². The van der Waals surface area contributed by atoms with Gasteiger partial charge in [-0.15, -0.1) is 0 Å². The van der Waals surface area contributed by atoms with Gasteiger partial charge in [-0.1, -0.05) is 0 Å². The molecule has 0 radical (unpaired) electrons. The number of aromatic nitrogens is 2. The highest BCUT2D eigenvalue weighted by molar-refractivity contribution is 7.99. The molecule has 0 bridgehead atoms. The first-order chi connectivity index (χ1) is 7.28. The van der Waals surface area contributed by atoms with Gasteiger partial charge in [0.25, 0.3) is 5.22 Å². The Hall–Kier alpha value is -1.80. The van der Waals surface area contributed by atoms with Gasteiger partial charge in [-0.05, 0) is 30.8 Å². The Morgan fingerprint density at radius 1 is 1.53 bits per heavy atom. The SMILES string of the molecule is Cc1coc(Sc2ccnc(C#N)c2)n1. The summed E-state index contributed by atoms with van der Waals surface area (Å²) in [7, 11) is 0. The van der Waals surface area contributed by atoms with Crippen LogP contribution in [0.4, 0.5) is 0 Å². The second kappa shape index (κ2) is 4.15. The summed E-state index contributed by atoms with van der Waals surface area (Å²) in [6, 6.07) is 5.49. The third-order valence-electron chi connectivity index (χ3n) is 1.65. The molecular formula is C10H7N3OS. The first-order valence-electron chi connectivity index (χ1n) is 4.24. The van der Waals surface area contributed by atoms with Crippen molar-refractivity contribution in [3.63, 3.8) is 0 Å². The van der Waals surface area contributed by atoms with Crippen LogP contribution in [0.2, 0.25) is 0 Å². The minimum Gasteiger partial charge on any atom is -0.439 e. The predicted molar refractivity (Wildman–Crippen MR) is 54.3 cm³/mol. The van der Waals surface area contributed by atoms with Crippen molar-refractivity contribution in [1.29, 1.82) is 5.26 Å². The Morgan fingerprint density at radius 3 is 3.07 bits per heavy atom. The van der Waals surface area contributed by atoms with E-state index in [1.165, 1.54) is 11.8 Å². The van der Waals surface area contributed by atoms with E-state index in [2.05, 4.69) is 9.97 Å². The number of aryl methyl sites for hydroxylation is 1. The van der Waals surface area contributed by atoms with E-state index in [-0.39, 0.29) is 0 Å². The molecule has 2 aromatic rings. The number of hydrogen-bond donors (Lipinski definition) is 0. The van der Waals surface area contributed by atoms with E-state index in [4.69, 9.17) is 9.68 Å². The van der Waals surface area contributed by atoms with Crippen molar-refractivity contribution in [2.24, 2.45) is 0 Å². The van der Waals surface area contributed by atoms with Crippen LogP contribution in [0.15, 0.2) is 39.1 Å². The van der Waals surface area contributed by atoms with Crippen LogP contribution in [0.1, 0.15) is 11.4 Å². The molecule has 0 fully saturated rings. The number of nitriles is 1. The Kier molecular flexibility index (Phi) is 2.70. The largest absolute Gasteiger partial charge is 0.439 e. The summed E-state index contributed by atoms with van der Waals surface area (Å²) in [5, 5.41) is 9.24. The zero-order valence-electron chi connectivity index (χ0n) is 7.97. The number of oxazole rings is 1. The summed E-state index contributed by atoms with van der Waals surface area (Å²) in [4.78, 5) is 8.93. The molecule has 2 rings (SSSR count). The van der Waals surface area contributed by atoms with Crippen LogP contribution in [0.5, 0.6) is 0 Å². The fraction of sp³-hybridized carbons (Fsp3) is 0.100. The van der Waals surface area contributed by atoms with Crippen molar-refractivity contribution in [3.8, 4) is 6.07 Å². The second-order valence-electron chi connectivity index (χ2n) is 2.85. The van der Waals surface area contributed by atoms with E-state index in [1.54, 1.807) is 18.5 Å². The van der Waals surface area contributed by atoms with Gasteiger partial charge >= 0.3 is 0 Å². The molecule has 0 aliphatic heterocycles. The first-order valence-corrected chi connectivity index (χ1v) is 5.06. The Balaban J connectivity index is 2.21. The average Bonchev–Trinajstić information content (AvgIpc) is 2.64. The molecule has 5 heteroatoms. The minimum atomic E-state index is 0.392. The lowest BCUT2D eigenvalue weighted by atomic mass is 10.4. The Labute approximate surface area is 91.0 Å². The van der Waals surface area contributed by atoms with Crippen LogP contribution in [0.3, 0.4) is 0 Å².